The highest BCUT2D eigenvalue weighted by molar-refractivity contribution is 6.66. The molecule has 0 rings (SSSR count). The van der Waals surface area contributed by atoms with Gasteiger partial charge in [-0.25, -0.2) is 0 Å². The number of hydrogen-bond donors (Lipinski definition) is 0. The molecule has 0 aromatic heterocycles. The molecule has 0 saturated carbocycles. The zero-order valence-corrected chi connectivity index (χ0v) is 16.8. The molecule has 0 fully saturated rings. The molecule has 0 radical (unpaired) electrons. The van der Waals surface area contributed by atoms with Crippen LogP contribution in [-0.2, 0) is 13.3 Å². The van der Waals surface area contributed by atoms with Crippen molar-refractivity contribution in [3.8, 4) is 0 Å². The Bertz CT molecular complexity index is 276. The van der Waals surface area contributed by atoms with Gasteiger partial charge in [-0.15, -0.1) is 0 Å². The van der Waals surface area contributed by atoms with Crippen LogP contribution < -0.4 is 0 Å². The minimum atomic E-state index is -2.70. The third-order valence-corrected chi connectivity index (χ3v) is 5.83. The van der Waals surface area contributed by atoms with E-state index in [0.29, 0.717) is 19.8 Å². The molecule has 0 heterocycles. The van der Waals surface area contributed by atoms with Gasteiger partial charge in [-0.2, -0.15) is 0 Å². The van der Waals surface area contributed by atoms with E-state index in [-0.39, 0.29) is 0 Å². The average molecular weight is 343 g/mol. The van der Waals surface area contributed by atoms with Crippen LogP contribution in [0.25, 0.3) is 0 Å². The SMILES string of the molecule is CCCC=CC=C[Si](OCCCC)(OCCCC)OCCCC. The predicted molar refractivity (Wildman–Crippen MR) is 102 cm³/mol. The molecule has 0 aliphatic carbocycles. The molecule has 0 N–H and O–H groups in total. The lowest BCUT2D eigenvalue weighted by Crippen LogP contribution is -2.45. The van der Waals surface area contributed by atoms with Crippen molar-refractivity contribution in [1.29, 1.82) is 0 Å². The maximum absolute atomic E-state index is 6.14. The third kappa shape index (κ3) is 12.6. The smallest absolute Gasteiger partial charge is 0.370 e. The second-order valence-electron chi connectivity index (χ2n) is 5.79. The second-order valence-corrected chi connectivity index (χ2v) is 8.19. The molecule has 0 aliphatic heterocycles. The monoisotopic (exact) mass is 342 g/mol. The molecule has 0 unspecified atom stereocenters. The van der Waals surface area contributed by atoms with E-state index in [1.807, 2.05) is 6.08 Å². The lowest BCUT2D eigenvalue weighted by molar-refractivity contribution is 0.0685. The lowest BCUT2D eigenvalue weighted by Gasteiger charge is -2.27. The van der Waals surface area contributed by atoms with Crippen LogP contribution in [0.4, 0.5) is 0 Å². The molecule has 0 atom stereocenters. The van der Waals surface area contributed by atoms with Crippen molar-refractivity contribution in [1.82, 2.24) is 0 Å². The number of allylic oxidation sites excluding steroid dienone is 3. The molecule has 0 aromatic carbocycles. The summed E-state index contributed by atoms with van der Waals surface area (Å²) in [6, 6.07) is 0. The Hall–Kier alpha value is -0.423. The molecule has 0 bridgehead atoms. The van der Waals surface area contributed by atoms with Gasteiger partial charge in [-0.05, 0) is 31.4 Å². The highest BCUT2D eigenvalue weighted by Gasteiger charge is 2.38. The molecular weight excluding hydrogens is 304 g/mol. The van der Waals surface area contributed by atoms with E-state index in [4.69, 9.17) is 13.3 Å². The van der Waals surface area contributed by atoms with Crippen LogP contribution >= 0.6 is 0 Å². The summed E-state index contributed by atoms with van der Waals surface area (Å²) in [4.78, 5) is 0. The largest absolute Gasteiger partial charge is 0.529 e. The van der Waals surface area contributed by atoms with Gasteiger partial charge in [0.25, 0.3) is 0 Å². The highest BCUT2D eigenvalue weighted by Crippen LogP contribution is 2.15. The first-order valence-corrected chi connectivity index (χ1v) is 11.3. The average Bonchev–Trinajstić information content (AvgIpc) is 2.55. The van der Waals surface area contributed by atoms with Gasteiger partial charge in [0, 0.05) is 19.8 Å². The van der Waals surface area contributed by atoms with Crippen LogP contribution in [0.5, 0.6) is 0 Å². The summed E-state index contributed by atoms with van der Waals surface area (Å²) >= 11 is 0. The van der Waals surface area contributed by atoms with E-state index in [1.165, 1.54) is 6.42 Å². The Kier molecular flexibility index (Phi) is 16.1. The second kappa shape index (κ2) is 16.4. The van der Waals surface area contributed by atoms with Crippen molar-refractivity contribution in [2.75, 3.05) is 19.8 Å². The van der Waals surface area contributed by atoms with Gasteiger partial charge in [-0.1, -0.05) is 71.6 Å². The maximum Gasteiger partial charge on any atom is 0.529 e. The Labute approximate surface area is 145 Å². The fourth-order valence-corrected chi connectivity index (χ4v) is 4.03. The molecule has 0 aliphatic rings. The molecule has 23 heavy (non-hydrogen) atoms. The predicted octanol–water partition coefficient (Wildman–Crippen LogP) is 5.83. The zero-order valence-electron chi connectivity index (χ0n) is 15.8. The molecule has 0 aromatic rings. The summed E-state index contributed by atoms with van der Waals surface area (Å²) in [6.07, 6.45) is 15.1. The van der Waals surface area contributed by atoms with Gasteiger partial charge in [0.15, 0.2) is 0 Å². The van der Waals surface area contributed by atoms with Gasteiger partial charge in [0.2, 0.25) is 0 Å². The number of unbranched alkanes of at least 4 members (excludes halogenated alkanes) is 4. The first-order valence-electron chi connectivity index (χ1n) is 9.50. The third-order valence-electron chi connectivity index (χ3n) is 3.41. The van der Waals surface area contributed by atoms with Crippen LogP contribution in [0.3, 0.4) is 0 Å². The van der Waals surface area contributed by atoms with Crippen molar-refractivity contribution in [3.05, 3.63) is 23.9 Å². The van der Waals surface area contributed by atoms with E-state index >= 15 is 0 Å². The van der Waals surface area contributed by atoms with E-state index in [0.717, 1.165) is 44.9 Å². The van der Waals surface area contributed by atoms with Crippen LogP contribution in [0.1, 0.15) is 79.1 Å². The van der Waals surface area contributed by atoms with Crippen molar-refractivity contribution in [2.24, 2.45) is 0 Å². The Morgan fingerprint density at radius 1 is 0.652 bits per heavy atom. The van der Waals surface area contributed by atoms with E-state index < -0.39 is 8.80 Å². The molecule has 0 spiro atoms. The summed E-state index contributed by atoms with van der Waals surface area (Å²) < 4.78 is 18.4. The van der Waals surface area contributed by atoms with Crippen LogP contribution in [0, 0.1) is 0 Å². The fraction of sp³-hybridized carbons (Fsp3) is 0.789. The van der Waals surface area contributed by atoms with Crippen molar-refractivity contribution < 1.29 is 13.3 Å². The van der Waals surface area contributed by atoms with Crippen molar-refractivity contribution in [3.63, 3.8) is 0 Å². The molecule has 0 amide bonds. The van der Waals surface area contributed by atoms with Crippen LogP contribution in [0.2, 0.25) is 0 Å². The van der Waals surface area contributed by atoms with Crippen molar-refractivity contribution >= 4 is 8.80 Å². The van der Waals surface area contributed by atoms with Gasteiger partial charge < -0.3 is 13.3 Å². The van der Waals surface area contributed by atoms with Crippen molar-refractivity contribution in [2.45, 2.75) is 79.1 Å². The van der Waals surface area contributed by atoms with Crippen LogP contribution in [-0.4, -0.2) is 28.6 Å². The summed E-state index contributed by atoms with van der Waals surface area (Å²) in [6.45, 7) is 10.8. The molecule has 136 valence electrons. The first kappa shape index (κ1) is 22.6. The van der Waals surface area contributed by atoms with Gasteiger partial charge >= 0.3 is 8.80 Å². The van der Waals surface area contributed by atoms with Gasteiger partial charge in [0.1, 0.15) is 0 Å². The van der Waals surface area contributed by atoms with Crippen LogP contribution in [0.15, 0.2) is 23.9 Å². The summed E-state index contributed by atoms with van der Waals surface area (Å²) in [7, 11) is -2.70. The molecule has 0 saturated heterocycles. The number of hydrogen-bond acceptors (Lipinski definition) is 3. The summed E-state index contributed by atoms with van der Waals surface area (Å²) in [5.41, 5.74) is 2.06. The minimum Gasteiger partial charge on any atom is -0.370 e. The quantitative estimate of drug-likeness (QED) is 0.201. The zero-order chi connectivity index (χ0) is 17.2. The standard InChI is InChI=1S/C19H38O3Si/c1-5-9-13-14-15-19-23(20-16-10-6-2,21-17-11-7-3)22-18-12-8-4/h13-15,19H,5-12,16-18H2,1-4H3. The fourth-order valence-electron chi connectivity index (χ4n) is 1.86. The molecule has 4 heteroatoms. The number of rotatable bonds is 16. The van der Waals surface area contributed by atoms with E-state index in [1.54, 1.807) is 0 Å². The Morgan fingerprint density at radius 2 is 1.13 bits per heavy atom. The van der Waals surface area contributed by atoms with Gasteiger partial charge in [0.05, 0.1) is 0 Å². The van der Waals surface area contributed by atoms with E-state index in [2.05, 4.69) is 45.5 Å². The summed E-state index contributed by atoms with van der Waals surface area (Å²) in [5.74, 6) is 0. The normalized spacial score (nSPS) is 12.7. The first-order chi connectivity index (χ1) is 11.2. The Balaban J connectivity index is 4.84. The molecular formula is C19H38O3Si. The topological polar surface area (TPSA) is 27.7 Å². The Morgan fingerprint density at radius 3 is 1.52 bits per heavy atom. The summed E-state index contributed by atoms with van der Waals surface area (Å²) in [5, 5.41) is 0. The van der Waals surface area contributed by atoms with Gasteiger partial charge in [-0.3, -0.25) is 0 Å². The molecule has 3 nitrogen and oxygen atoms in total. The maximum atomic E-state index is 6.14. The van der Waals surface area contributed by atoms with E-state index in [9.17, 15) is 0 Å². The lowest BCUT2D eigenvalue weighted by atomic mass is 10.3. The minimum absolute atomic E-state index is 0.712. The highest BCUT2D eigenvalue weighted by atomic mass is 28.4.